The summed E-state index contributed by atoms with van der Waals surface area (Å²) in [5.41, 5.74) is -0.504. The summed E-state index contributed by atoms with van der Waals surface area (Å²) in [4.78, 5) is 32.5. The first-order valence-electron chi connectivity index (χ1n) is 12.3. The summed E-state index contributed by atoms with van der Waals surface area (Å²) in [6.07, 6.45) is 6.63. The van der Waals surface area contributed by atoms with Gasteiger partial charge in [0.15, 0.2) is 0 Å². The van der Waals surface area contributed by atoms with Gasteiger partial charge < -0.3 is 19.4 Å². The van der Waals surface area contributed by atoms with Crippen LogP contribution in [0.15, 0.2) is 4.42 Å². The molecule has 1 saturated carbocycles. The normalized spacial score (nSPS) is 27.7. The third-order valence-corrected chi connectivity index (χ3v) is 6.59. The van der Waals surface area contributed by atoms with E-state index in [4.69, 9.17) is 14.0 Å². The second-order valence-corrected chi connectivity index (χ2v) is 10.4. The number of nitrogens with zero attached hydrogens (tertiary/aromatic N) is 4. The van der Waals surface area contributed by atoms with Crippen LogP contribution >= 0.6 is 0 Å². The molecule has 0 spiro atoms. The van der Waals surface area contributed by atoms with Gasteiger partial charge in [-0.05, 0) is 65.7 Å². The minimum atomic E-state index is -0.504. The first-order chi connectivity index (χ1) is 15.7. The van der Waals surface area contributed by atoms with E-state index >= 15 is 0 Å². The Bertz CT molecular complexity index is 829. The number of unbranched alkanes of at least 4 members (excludes halogenated alkanes) is 1. The average Bonchev–Trinajstić information content (AvgIpc) is 3.33. The second-order valence-electron chi connectivity index (χ2n) is 10.4. The summed E-state index contributed by atoms with van der Waals surface area (Å²) in [6, 6.07) is -0.109. The standard InChI is InChI=1S/C23H37N5O5/c1-5-6-13-31-28-17-11-12-18(27(14-17)22(28)30)20-26-25-19(32-20)15-7-9-16(10-8-15)24-21(29)33-23(2,3)4/h15-18H,5-14H2,1-4H3,(H,24,29)/t15?,16?,17-,18-/m0/s1. The molecule has 33 heavy (non-hydrogen) atoms. The number of rotatable bonds is 7. The van der Waals surface area contributed by atoms with Gasteiger partial charge in [0.05, 0.1) is 12.6 Å². The second kappa shape index (κ2) is 9.87. The number of hydrogen-bond donors (Lipinski definition) is 1. The van der Waals surface area contributed by atoms with Crippen molar-refractivity contribution >= 4 is 12.1 Å². The van der Waals surface area contributed by atoms with E-state index in [1.165, 1.54) is 0 Å². The number of urea groups is 1. The summed E-state index contributed by atoms with van der Waals surface area (Å²) < 4.78 is 11.4. The molecule has 2 saturated heterocycles. The highest BCUT2D eigenvalue weighted by Gasteiger charge is 2.47. The van der Waals surface area contributed by atoms with Crippen LogP contribution in [0, 0.1) is 0 Å². The Balaban J connectivity index is 1.30. The number of amides is 3. The molecule has 3 heterocycles. The number of aromatic nitrogens is 2. The number of carbonyl (C=O) groups is 2. The first kappa shape index (κ1) is 23.8. The van der Waals surface area contributed by atoms with Crippen LogP contribution in [0.25, 0.3) is 0 Å². The van der Waals surface area contributed by atoms with Crippen molar-refractivity contribution in [3.63, 3.8) is 0 Å². The van der Waals surface area contributed by atoms with E-state index in [1.54, 1.807) is 9.96 Å². The molecule has 1 N–H and O–H groups in total. The van der Waals surface area contributed by atoms with Crippen LogP contribution in [0.2, 0.25) is 0 Å². The quantitative estimate of drug-likeness (QED) is 0.601. The fourth-order valence-corrected chi connectivity index (χ4v) is 4.87. The van der Waals surface area contributed by atoms with E-state index in [1.807, 2.05) is 20.8 Å². The lowest BCUT2D eigenvalue weighted by Gasteiger charge is -2.29. The Morgan fingerprint density at radius 3 is 2.55 bits per heavy atom. The summed E-state index contributed by atoms with van der Waals surface area (Å²) in [6.45, 7) is 8.87. The number of nitrogens with one attached hydrogen (secondary N) is 1. The number of piperidine rings is 1. The molecule has 3 fully saturated rings. The maximum Gasteiger partial charge on any atom is 0.407 e. The Hall–Kier alpha value is -2.36. The first-order valence-corrected chi connectivity index (χ1v) is 12.3. The van der Waals surface area contributed by atoms with Gasteiger partial charge in [0, 0.05) is 18.5 Å². The minimum Gasteiger partial charge on any atom is -0.444 e. The monoisotopic (exact) mass is 463 g/mol. The number of alkyl carbamates (subject to hydrolysis) is 1. The zero-order valence-electron chi connectivity index (χ0n) is 20.2. The van der Waals surface area contributed by atoms with Crippen LogP contribution in [0.3, 0.4) is 0 Å². The summed E-state index contributed by atoms with van der Waals surface area (Å²) >= 11 is 0. The average molecular weight is 464 g/mol. The molecule has 1 aliphatic carbocycles. The molecule has 2 bridgehead atoms. The molecule has 2 aliphatic heterocycles. The van der Waals surface area contributed by atoms with Crippen LogP contribution in [-0.4, -0.2) is 63.1 Å². The highest BCUT2D eigenvalue weighted by atomic mass is 16.7. The number of hydrogen-bond acceptors (Lipinski definition) is 7. The lowest BCUT2D eigenvalue weighted by molar-refractivity contribution is -0.130. The van der Waals surface area contributed by atoms with Crippen molar-refractivity contribution in [2.45, 2.75) is 109 Å². The lowest BCUT2D eigenvalue weighted by atomic mass is 9.86. The lowest BCUT2D eigenvalue weighted by Crippen LogP contribution is -2.40. The van der Waals surface area contributed by atoms with Gasteiger partial charge in [-0.2, -0.15) is 5.06 Å². The number of hydroxylamine groups is 2. The molecule has 10 heteroatoms. The number of fused-ring (bicyclic) bond motifs is 2. The number of ether oxygens (including phenoxy) is 1. The molecule has 3 aliphatic rings. The van der Waals surface area contributed by atoms with Crippen LogP contribution in [0.4, 0.5) is 9.59 Å². The molecular formula is C23H37N5O5. The molecule has 0 aromatic carbocycles. The Kier molecular flexibility index (Phi) is 7.11. The summed E-state index contributed by atoms with van der Waals surface area (Å²) in [5.74, 6) is 1.31. The zero-order chi connectivity index (χ0) is 23.6. The topological polar surface area (TPSA) is 110 Å². The van der Waals surface area contributed by atoms with Gasteiger partial charge in [-0.25, -0.2) is 9.59 Å². The molecule has 4 rings (SSSR count). The van der Waals surface area contributed by atoms with Crippen LogP contribution in [0.1, 0.15) is 103 Å². The van der Waals surface area contributed by atoms with Gasteiger partial charge in [0.1, 0.15) is 11.6 Å². The van der Waals surface area contributed by atoms with Crippen molar-refractivity contribution in [2.24, 2.45) is 0 Å². The van der Waals surface area contributed by atoms with Gasteiger partial charge in [-0.3, -0.25) is 4.84 Å². The summed E-state index contributed by atoms with van der Waals surface area (Å²) in [7, 11) is 0. The van der Waals surface area contributed by atoms with Crippen molar-refractivity contribution in [2.75, 3.05) is 13.2 Å². The van der Waals surface area contributed by atoms with Gasteiger partial charge in [0.2, 0.25) is 11.8 Å². The Labute approximate surface area is 195 Å². The highest BCUT2D eigenvalue weighted by Crippen LogP contribution is 2.39. The van der Waals surface area contributed by atoms with Crippen LogP contribution < -0.4 is 5.32 Å². The Morgan fingerprint density at radius 2 is 1.85 bits per heavy atom. The smallest absolute Gasteiger partial charge is 0.407 e. The van der Waals surface area contributed by atoms with Gasteiger partial charge in [-0.15, -0.1) is 10.2 Å². The van der Waals surface area contributed by atoms with E-state index < -0.39 is 5.60 Å². The molecule has 0 radical (unpaired) electrons. The van der Waals surface area contributed by atoms with Crippen molar-refractivity contribution in [1.29, 1.82) is 0 Å². The SMILES string of the molecule is CCCCON1C(=O)N2C[C@@H]1CC[C@H]2c1nnc(C2CCC(NC(=O)OC(C)(C)C)CC2)o1. The van der Waals surface area contributed by atoms with E-state index in [-0.39, 0.29) is 36.2 Å². The van der Waals surface area contributed by atoms with Gasteiger partial charge in [0.25, 0.3) is 0 Å². The van der Waals surface area contributed by atoms with Crippen molar-refractivity contribution in [1.82, 2.24) is 25.5 Å². The molecule has 1 aromatic heterocycles. The predicted molar refractivity (Wildman–Crippen MR) is 119 cm³/mol. The van der Waals surface area contributed by atoms with Crippen molar-refractivity contribution in [3.05, 3.63) is 11.8 Å². The van der Waals surface area contributed by atoms with E-state index in [0.29, 0.717) is 24.9 Å². The fraction of sp³-hybridized carbons (Fsp3) is 0.826. The molecule has 2 atom stereocenters. The molecule has 184 valence electrons. The van der Waals surface area contributed by atoms with Crippen LogP contribution in [0.5, 0.6) is 0 Å². The number of carbonyl (C=O) groups excluding carboxylic acids is 2. The maximum atomic E-state index is 12.9. The van der Waals surface area contributed by atoms with Crippen molar-refractivity contribution < 1.29 is 23.6 Å². The minimum absolute atomic E-state index is 0.0923. The van der Waals surface area contributed by atoms with Gasteiger partial charge >= 0.3 is 12.1 Å². The molecule has 3 amide bonds. The predicted octanol–water partition coefficient (Wildman–Crippen LogP) is 4.29. The molecule has 0 unspecified atom stereocenters. The maximum absolute atomic E-state index is 12.9. The van der Waals surface area contributed by atoms with Crippen molar-refractivity contribution in [3.8, 4) is 0 Å². The molecular weight excluding hydrogens is 426 g/mol. The molecule has 1 aromatic rings. The summed E-state index contributed by atoms with van der Waals surface area (Å²) in [5, 5.41) is 13.1. The molecule has 10 nitrogen and oxygen atoms in total. The fourth-order valence-electron chi connectivity index (χ4n) is 4.87. The Morgan fingerprint density at radius 1 is 1.12 bits per heavy atom. The third kappa shape index (κ3) is 5.59. The van der Waals surface area contributed by atoms with Gasteiger partial charge in [-0.1, -0.05) is 13.3 Å². The van der Waals surface area contributed by atoms with E-state index in [0.717, 1.165) is 51.4 Å². The zero-order valence-corrected chi connectivity index (χ0v) is 20.2. The third-order valence-electron chi connectivity index (χ3n) is 6.59. The van der Waals surface area contributed by atoms with E-state index in [9.17, 15) is 9.59 Å². The highest BCUT2D eigenvalue weighted by molar-refractivity contribution is 5.77. The van der Waals surface area contributed by atoms with E-state index in [2.05, 4.69) is 22.4 Å². The van der Waals surface area contributed by atoms with Crippen LogP contribution in [-0.2, 0) is 9.57 Å². The largest absolute Gasteiger partial charge is 0.444 e.